The number of aliphatic imine (C=N–C) groups is 1. The van der Waals surface area contributed by atoms with Gasteiger partial charge in [-0.1, -0.05) is 23.7 Å². The standard InChI is InChI=1S/C15H13ClF3N3O/c16-12-7-11(15(17,18)19)9-22-14(12)21-6-5-20-8-10-3-1-2-4-13(10)23/h1-4,7-9,23H,5-6H2,(H,21,22). The van der Waals surface area contributed by atoms with Gasteiger partial charge in [-0.05, 0) is 18.2 Å². The van der Waals surface area contributed by atoms with Crippen molar-refractivity contribution in [3.8, 4) is 5.75 Å². The van der Waals surface area contributed by atoms with Crippen LogP contribution in [0.15, 0.2) is 41.5 Å². The van der Waals surface area contributed by atoms with Gasteiger partial charge in [-0.25, -0.2) is 4.98 Å². The van der Waals surface area contributed by atoms with Crippen LogP contribution in [0.1, 0.15) is 11.1 Å². The van der Waals surface area contributed by atoms with E-state index < -0.39 is 11.7 Å². The molecule has 0 spiro atoms. The van der Waals surface area contributed by atoms with Gasteiger partial charge in [0.15, 0.2) is 0 Å². The fourth-order valence-electron chi connectivity index (χ4n) is 1.72. The number of phenols is 1. The quantitative estimate of drug-likeness (QED) is 0.637. The van der Waals surface area contributed by atoms with Crippen molar-refractivity contribution in [3.63, 3.8) is 0 Å². The molecule has 2 N–H and O–H groups in total. The van der Waals surface area contributed by atoms with Crippen LogP contribution in [0.3, 0.4) is 0 Å². The number of nitrogens with zero attached hydrogens (tertiary/aromatic N) is 2. The molecule has 1 heterocycles. The second-order valence-electron chi connectivity index (χ2n) is 4.57. The van der Waals surface area contributed by atoms with Crippen molar-refractivity contribution in [2.75, 3.05) is 18.4 Å². The smallest absolute Gasteiger partial charge is 0.417 e. The Hall–Kier alpha value is -2.28. The Bertz CT molecular complexity index is 705. The van der Waals surface area contributed by atoms with Crippen LogP contribution in [0.25, 0.3) is 0 Å². The second-order valence-corrected chi connectivity index (χ2v) is 4.98. The minimum Gasteiger partial charge on any atom is -0.507 e. The van der Waals surface area contributed by atoms with Gasteiger partial charge in [0, 0.05) is 24.5 Å². The number of alkyl halides is 3. The molecule has 0 fully saturated rings. The largest absolute Gasteiger partial charge is 0.507 e. The van der Waals surface area contributed by atoms with Crippen molar-refractivity contribution in [2.45, 2.75) is 6.18 Å². The molecular weight excluding hydrogens is 331 g/mol. The first-order valence-electron chi connectivity index (χ1n) is 6.62. The molecule has 0 aliphatic heterocycles. The maximum Gasteiger partial charge on any atom is 0.417 e. The van der Waals surface area contributed by atoms with Crippen LogP contribution < -0.4 is 5.32 Å². The van der Waals surface area contributed by atoms with E-state index in [1.807, 2.05) is 0 Å². The zero-order valence-electron chi connectivity index (χ0n) is 11.8. The third-order valence-corrected chi connectivity index (χ3v) is 3.16. The number of pyridine rings is 1. The SMILES string of the molecule is Oc1ccccc1C=NCCNc1ncc(C(F)(F)F)cc1Cl. The lowest BCUT2D eigenvalue weighted by Crippen LogP contribution is -2.10. The number of phenolic OH excluding ortho intramolecular Hbond substituents is 1. The fourth-order valence-corrected chi connectivity index (χ4v) is 1.95. The van der Waals surface area contributed by atoms with Crippen LogP contribution >= 0.6 is 11.6 Å². The third-order valence-electron chi connectivity index (χ3n) is 2.87. The van der Waals surface area contributed by atoms with E-state index in [1.54, 1.807) is 24.3 Å². The van der Waals surface area contributed by atoms with Gasteiger partial charge in [0.05, 0.1) is 17.1 Å². The Morgan fingerprint density at radius 3 is 2.70 bits per heavy atom. The van der Waals surface area contributed by atoms with Gasteiger partial charge in [0.25, 0.3) is 0 Å². The predicted molar refractivity (Wildman–Crippen MR) is 83.3 cm³/mol. The highest BCUT2D eigenvalue weighted by molar-refractivity contribution is 6.32. The van der Waals surface area contributed by atoms with Crippen molar-refractivity contribution >= 4 is 23.6 Å². The number of rotatable bonds is 5. The molecule has 4 nitrogen and oxygen atoms in total. The maximum atomic E-state index is 12.5. The monoisotopic (exact) mass is 343 g/mol. The number of benzene rings is 1. The summed E-state index contributed by atoms with van der Waals surface area (Å²) in [4.78, 5) is 7.77. The minimum absolute atomic E-state index is 0.107. The highest BCUT2D eigenvalue weighted by atomic mass is 35.5. The van der Waals surface area contributed by atoms with Crippen molar-refractivity contribution < 1.29 is 18.3 Å². The van der Waals surface area contributed by atoms with E-state index in [4.69, 9.17) is 11.6 Å². The summed E-state index contributed by atoms with van der Waals surface area (Å²) in [5.74, 6) is 0.286. The molecule has 23 heavy (non-hydrogen) atoms. The summed E-state index contributed by atoms with van der Waals surface area (Å²) in [6.07, 6.45) is -2.24. The van der Waals surface area contributed by atoms with Crippen LogP contribution in [0, 0.1) is 0 Å². The maximum absolute atomic E-state index is 12.5. The first-order valence-corrected chi connectivity index (χ1v) is 7.00. The lowest BCUT2D eigenvalue weighted by molar-refractivity contribution is -0.137. The first kappa shape index (κ1) is 17.1. The average Bonchev–Trinajstić information content (AvgIpc) is 2.49. The Labute approximate surface area is 135 Å². The number of hydrogen-bond donors (Lipinski definition) is 2. The Morgan fingerprint density at radius 2 is 2.04 bits per heavy atom. The number of nitrogens with one attached hydrogen (secondary N) is 1. The lowest BCUT2D eigenvalue weighted by atomic mass is 10.2. The summed E-state index contributed by atoms with van der Waals surface area (Å²) >= 11 is 5.77. The zero-order chi connectivity index (χ0) is 16.9. The molecule has 1 aromatic heterocycles. The van der Waals surface area contributed by atoms with E-state index in [0.717, 1.165) is 12.3 Å². The molecule has 1 aromatic carbocycles. The molecule has 0 amide bonds. The van der Waals surface area contributed by atoms with Gasteiger partial charge < -0.3 is 10.4 Å². The molecule has 0 unspecified atom stereocenters. The third kappa shape index (κ3) is 4.85. The first-order chi connectivity index (χ1) is 10.9. The van der Waals surface area contributed by atoms with Gasteiger partial charge in [0.1, 0.15) is 11.6 Å². The van der Waals surface area contributed by atoms with Crippen LogP contribution in [-0.2, 0) is 6.18 Å². The summed E-state index contributed by atoms with van der Waals surface area (Å²) in [6, 6.07) is 7.55. The van der Waals surface area contributed by atoms with Gasteiger partial charge in [0.2, 0.25) is 0 Å². The Balaban J connectivity index is 1.88. The van der Waals surface area contributed by atoms with Crippen molar-refractivity contribution in [1.29, 1.82) is 0 Å². The van der Waals surface area contributed by atoms with Gasteiger partial charge in [-0.2, -0.15) is 13.2 Å². The van der Waals surface area contributed by atoms with Gasteiger partial charge >= 0.3 is 6.18 Å². The van der Waals surface area contributed by atoms with E-state index in [1.165, 1.54) is 6.21 Å². The highest BCUT2D eigenvalue weighted by Gasteiger charge is 2.31. The molecule has 0 radical (unpaired) electrons. The van der Waals surface area contributed by atoms with Crippen molar-refractivity contribution in [1.82, 2.24) is 4.98 Å². The molecule has 0 atom stereocenters. The van der Waals surface area contributed by atoms with E-state index >= 15 is 0 Å². The molecule has 0 bridgehead atoms. The fraction of sp³-hybridized carbons (Fsp3) is 0.200. The number of para-hydroxylation sites is 1. The second kappa shape index (κ2) is 7.32. The molecule has 0 saturated heterocycles. The molecule has 0 aliphatic carbocycles. The molecule has 0 saturated carbocycles. The molecule has 0 aliphatic rings. The molecule has 8 heteroatoms. The summed E-state index contributed by atoms with van der Waals surface area (Å²) in [7, 11) is 0. The van der Waals surface area contributed by atoms with Gasteiger partial charge in [-0.3, -0.25) is 4.99 Å². The van der Waals surface area contributed by atoms with Crippen LogP contribution in [0.4, 0.5) is 19.0 Å². The summed E-state index contributed by atoms with van der Waals surface area (Å²) < 4.78 is 37.5. The number of hydrogen-bond acceptors (Lipinski definition) is 4. The predicted octanol–water partition coefficient (Wildman–Crippen LogP) is 3.99. The van der Waals surface area contributed by atoms with E-state index in [9.17, 15) is 18.3 Å². The van der Waals surface area contributed by atoms with Crippen molar-refractivity contribution in [2.24, 2.45) is 4.99 Å². The number of aromatic nitrogens is 1. The molecular formula is C15H13ClF3N3O. The van der Waals surface area contributed by atoms with E-state index in [2.05, 4.69) is 15.3 Å². The van der Waals surface area contributed by atoms with Crippen molar-refractivity contribution in [3.05, 3.63) is 52.7 Å². The lowest BCUT2D eigenvalue weighted by Gasteiger charge is -2.10. The summed E-state index contributed by atoms with van der Waals surface area (Å²) in [5.41, 5.74) is -0.316. The van der Waals surface area contributed by atoms with E-state index in [0.29, 0.717) is 18.7 Å². The molecule has 2 rings (SSSR count). The minimum atomic E-state index is -4.48. The Morgan fingerprint density at radius 1 is 1.30 bits per heavy atom. The number of aromatic hydroxyl groups is 1. The van der Waals surface area contributed by atoms with Gasteiger partial charge in [-0.15, -0.1) is 0 Å². The Kier molecular flexibility index (Phi) is 5.44. The average molecular weight is 344 g/mol. The number of anilines is 1. The number of halogens is 4. The zero-order valence-corrected chi connectivity index (χ0v) is 12.6. The topological polar surface area (TPSA) is 57.5 Å². The van der Waals surface area contributed by atoms with Crippen LogP contribution in [0.2, 0.25) is 5.02 Å². The normalized spacial score (nSPS) is 11.8. The van der Waals surface area contributed by atoms with Crippen LogP contribution in [0.5, 0.6) is 5.75 Å². The summed E-state index contributed by atoms with van der Waals surface area (Å²) in [5, 5.41) is 12.2. The molecule has 2 aromatic rings. The highest BCUT2D eigenvalue weighted by Crippen LogP contribution is 2.32. The van der Waals surface area contributed by atoms with Crippen LogP contribution in [-0.4, -0.2) is 29.4 Å². The molecule has 122 valence electrons. The summed E-state index contributed by atoms with van der Waals surface area (Å²) in [6.45, 7) is 0.676. The van der Waals surface area contributed by atoms with E-state index in [-0.39, 0.29) is 16.6 Å².